The number of hydrogen-bond acceptors (Lipinski definition) is 2. The maximum absolute atomic E-state index is 11.4. The molecule has 1 amide bonds. The van der Waals surface area contributed by atoms with E-state index in [1.807, 2.05) is 50.4 Å². The van der Waals surface area contributed by atoms with E-state index < -0.39 is 5.91 Å². The Morgan fingerprint density at radius 2 is 1.83 bits per heavy atom. The smallest absolute Gasteiger partial charge is 0.249 e. The number of nitrogens with one attached hydrogen (secondary N) is 1. The molecule has 0 heterocycles. The fourth-order valence-corrected chi connectivity index (χ4v) is 2.05. The van der Waals surface area contributed by atoms with Gasteiger partial charge < -0.3 is 11.1 Å². The van der Waals surface area contributed by atoms with Gasteiger partial charge in [-0.1, -0.05) is 24.3 Å². The van der Waals surface area contributed by atoms with E-state index >= 15 is 0 Å². The van der Waals surface area contributed by atoms with Crippen LogP contribution in [0.15, 0.2) is 42.5 Å². The second-order valence-corrected chi connectivity index (χ2v) is 4.19. The molecule has 3 N–H and O–H groups in total. The number of hydrogen-bond donors (Lipinski definition) is 2. The van der Waals surface area contributed by atoms with Gasteiger partial charge in [-0.3, -0.25) is 4.79 Å². The number of carbonyl (C=O) groups is 1. The van der Waals surface area contributed by atoms with Gasteiger partial charge in [0.1, 0.15) is 0 Å². The van der Waals surface area contributed by atoms with Crippen LogP contribution in [0.5, 0.6) is 0 Å². The quantitative estimate of drug-likeness (QED) is 0.866. The van der Waals surface area contributed by atoms with Crippen molar-refractivity contribution in [2.75, 3.05) is 12.4 Å². The topological polar surface area (TPSA) is 55.1 Å². The molecule has 0 aromatic heterocycles. The molecule has 0 bridgehead atoms. The maximum atomic E-state index is 11.4. The number of anilines is 1. The number of nitrogens with two attached hydrogens (primary N) is 1. The molecule has 0 aliphatic heterocycles. The number of benzene rings is 2. The van der Waals surface area contributed by atoms with Crippen molar-refractivity contribution < 1.29 is 4.79 Å². The van der Waals surface area contributed by atoms with E-state index in [9.17, 15) is 4.79 Å². The minimum atomic E-state index is -0.400. The van der Waals surface area contributed by atoms with E-state index in [0.29, 0.717) is 5.56 Å². The van der Waals surface area contributed by atoms with Crippen LogP contribution < -0.4 is 11.1 Å². The highest BCUT2D eigenvalue weighted by Gasteiger charge is 2.11. The van der Waals surface area contributed by atoms with Crippen LogP contribution in [0.4, 0.5) is 5.69 Å². The Morgan fingerprint density at radius 3 is 2.44 bits per heavy atom. The first-order valence-corrected chi connectivity index (χ1v) is 5.81. The van der Waals surface area contributed by atoms with Crippen molar-refractivity contribution in [3.05, 3.63) is 53.6 Å². The van der Waals surface area contributed by atoms with Crippen LogP contribution in [0.25, 0.3) is 11.1 Å². The van der Waals surface area contributed by atoms with Crippen LogP contribution in [-0.2, 0) is 0 Å². The summed E-state index contributed by atoms with van der Waals surface area (Å²) >= 11 is 0. The molecule has 0 fully saturated rings. The lowest BCUT2D eigenvalue weighted by Crippen LogP contribution is -2.12. The summed E-state index contributed by atoms with van der Waals surface area (Å²) < 4.78 is 0. The Hall–Kier alpha value is -2.29. The zero-order valence-electron chi connectivity index (χ0n) is 10.5. The highest BCUT2D eigenvalue weighted by Crippen LogP contribution is 2.28. The van der Waals surface area contributed by atoms with Gasteiger partial charge in [0.25, 0.3) is 0 Å². The van der Waals surface area contributed by atoms with Crippen LogP contribution >= 0.6 is 0 Å². The Labute approximate surface area is 107 Å². The van der Waals surface area contributed by atoms with Crippen LogP contribution in [0, 0.1) is 6.92 Å². The molecule has 0 saturated heterocycles. The summed E-state index contributed by atoms with van der Waals surface area (Å²) in [7, 11) is 1.88. The molecule has 0 saturated carbocycles. The first-order valence-electron chi connectivity index (χ1n) is 5.81. The van der Waals surface area contributed by atoms with Crippen LogP contribution in [0.2, 0.25) is 0 Å². The fourth-order valence-electron chi connectivity index (χ4n) is 2.05. The third-order valence-corrected chi connectivity index (χ3v) is 3.00. The zero-order valence-corrected chi connectivity index (χ0v) is 10.5. The van der Waals surface area contributed by atoms with E-state index in [0.717, 1.165) is 22.4 Å². The molecular formula is C15H16N2O. The average Bonchev–Trinajstić information content (AvgIpc) is 2.38. The molecule has 18 heavy (non-hydrogen) atoms. The fraction of sp³-hybridized carbons (Fsp3) is 0.133. The Bertz CT molecular complexity index is 591. The molecule has 0 atom stereocenters. The maximum Gasteiger partial charge on any atom is 0.249 e. The monoisotopic (exact) mass is 240 g/mol. The molecule has 0 radical (unpaired) electrons. The summed E-state index contributed by atoms with van der Waals surface area (Å²) in [5.41, 5.74) is 10.0. The molecule has 3 nitrogen and oxygen atoms in total. The highest BCUT2D eigenvalue weighted by atomic mass is 16.1. The lowest BCUT2D eigenvalue weighted by molar-refractivity contribution is 0.100. The zero-order chi connectivity index (χ0) is 13.1. The van der Waals surface area contributed by atoms with Crippen LogP contribution in [0.3, 0.4) is 0 Å². The number of aryl methyl sites for hydroxylation is 1. The Balaban J connectivity index is 2.59. The molecule has 0 spiro atoms. The van der Waals surface area contributed by atoms with Crippen molar-refractivity contribution in [3.8, 4) is 11.1 Å². The van der Waals surface area contributed by atoms with Crippen molar-refractivity contribution in [2.45, 2.75) is 6.92 Å². The van der Waals surface area contributed by atoms with Crippen molar-refractivity contribution in [3.63, 3.8) is 0 Å². The average molecular weight is 240 g/mol. The first-order chi connectivity index (χ1) is 8.63. The molecule has 2 aromatic carbocycles. The number of amides is 1. The van der Waals surface area contributed by atoms with Crippen molar-refractivity contribution in [1.82, 2.24) is 0 Å². The van der Waals surface area contributed by atoms with E-state index in [4.69, 9.17) is 5.73 Å². The van der Waals surface area contributed by atoms with Gasteiger partial charge in [0.15, 0.2) is 0 Å². The highest BCUT2D eigenvalue weighted by molar-refractivity contribution is 6.00. The standard InChI is InChI=1S/C15H16N2O/c1-10-9-11(17-2)7-8-12(10)13-5-3-4-6-14(13)15(16)18/h3-9,17H,1-2H3,(H2,16,18). The minimum Gasteiger partial charge on any atom is -0.388 e. The normalized spacial score (nSPS) is 10.1. The predicted molar refractivity (Wildman–Crippen MR) is 74.7 cm³/mol. The van der Waals surface area contributed by atoms with Gasteiger partial charge in [-0.2, -0.15) is 0 Å². The lowest BCUT2D eigenvalue weighted by Gasteiger charge is -2.11. The third kappa shape index (κ3) is 2.20. The van der Waals surface area contributed by atoms with Crippen LogP contribution in [-0.4, -0.2) is 13.0 Å². The molecular weight excluding hydrogens is 224 g/mol. The molecule has 3 heteroatoms. The molecule has 0 aliphatic rings. The Morgan fingerprint density at radius 1 is 1.11 bits per heavy atom. The van der Waals surface area contributed by atoms with Crippen molar-refractivity contribution >= 4 is 11.6 Å². The van der Waals surface area contributed by atoms with Gasteiger partial charge in [0.05, 0.1) is 0 Å². The number of primary amides is 1. The molecule has 2 aromatic rings. The molecule has 0 unspecified atom stereocenters. The minimum absolute atomic E-state index is 0.400. The van der Waals surface area contributed by atoms with Crippen molar-refractivity contribution in [2.24, 2.45) is 5.73 Å². The van der Waals surface area contributed by atoms with E-state index in [2.05, 4.69) is 5.32 Å². The summed E-state index contributed by atoms with van der Waals surface area (Å²) in [5, 5.41) is 3.09. The summed E-state index contributed by atoms with van der Waals surface area (Å²) in [6.07, 6.45) is 0. The van der Waals surface area contributed by atoms with Gasteiger partial charge in [-0.15, -0.1) is 0 Å². The van der Waals surface area contributed by atoms with Crippen LogP contribution in [0.1, 0.15) is 15.9 Å². The summed E-state index contributed by atoms with van der Waals surface area (Å²) in [6, 6.07) is 13.4. The SMILES string of the molecule is CNc1ccc(-c2ccccc2C(N)=O)c(C)c1. The van der Waals surface area contributed by atoms with E-state index in [1.54, 1.807) is 6.07 Å². The number of rotatable bonds is 3. The van der Waals surface area contributed by atoms with Gasteiger partial charge in [-0.05, 0) is 41.8 Å². The largest absolute Gasteiger partial charge is 0.388 e. The summed E-state index contributed by atoms with van der Waals surface area (Å²) in [5.74, 6) is -0.400. The van der Waals surface area contributed by atoms with E-state index in [-0.39, 0.29) is 0 Å². The predicted octanol–water partition coefficient (Wildman–Crippen LogP) is 2.80. The lowest BCUT2D eigenvalue weighted by atomic mass is 9.95. The molecule has 92 valence electrons. The third-order valence-electron chi connectivity index (χ3n) is 3.00. The van der Waals surface area contributed by atoms with Gasteiger partial charge in [0, 0.05) is 18.3 Å². The second-order valence-electron chi connectivity index (χ2n) is 4.19. The number of carbonyl (C=O) groups excluding carboxylic acids is 1. The van der Waals surface area contributed by atoms with Crippen molar-refractivity contribution in [1.29, 1.82) is 0 Å². The second kappa shape index (κ2) is 4.92. The first kappa shape index (κ1) is 12.2. The van der Waals surface area contributed by atoms with Gasteiger partial charge >= 0.3 is 0 Å². The Kier molecular flexibility index (Phi) is 3.33. The molecule has 2 rings (SSSR count). The van der Waals surface area contributed by atoms with E-state index in [1.165, 1.54) is 0 Å². The summed E-state index contributed by atoms with van der Waals surface area (Å²) in [4.78, 5) is 11.4. The molecule has 0 aliphatic carbocycles. The summed E-state index contributed by atoms with van der Waals surface area (Å²) in [6.45, 7) is 2.02. The van der Waals surface area contributed by atoms with Gasteiger partial charge in [0.2, 0.25) is 5.91 Å². The van der Waals surface area contributed by atoms with Gasteiger partial charge in [-0.25, -0.2) is 0 Å².